The van der Waals surface area contributed by atoms with Gasteiger partial charge in [-0.3, -0.25) is 14.2 Å². The maximum atomic E-state index is 13.0. The van der Waals surface area contributed by atoms with Crippen LogP contribution in [0.15, 0.2) is 41.5 Å². The summed E-state index contributed by atoms with van der Waals surface area (Å²) in [5.41, 5.74) is 1.21. The van der Waals surface area contributed by atoms with Crippen LogP contribution in [0.3, 0.4) is 0 Å². The topological polar surface area (TPSA) is 81.5 Å². The summed E-state index contributed by atoms with van der Waals surface area (Å²) in [6, 6.07) is 9.64. The van der Waals surface area contributed by atoms with Crippen LogP contribution in [0.5, 0.6) is 0 Å². The van der Waals surface area contributed by atoms with Crippen molar-refractivity contribution in [3.8, 4) is 0 Å². The van der Waals surface area contributed by atoms with Gasteiger partial charge in [0.15, 0.2) is 0 Å². The number of nitrogens with zero attached hydrogens (tertiary/aromatic N) is 3. The number of hydrogen-bond acceptors (Lipinski definition) is 6. The molecular weight excluding hydrogens is 402 g/mol. The van der Waals surface area contributed by atoms with Gasteiger partial charge in [0.2, 0.25) is 5.91 Å². The lowest BCUT2D eigenvalue weighted by atomic mass is 10.2. The van der Waals surface area contributed by atoms with Crippen LogP contribution < -0.4 is 5.56 Å². The number of amides is 1. The molecule has 0 bridgehead atoms. The minimum absolute atomic E-state index is 0.118. The van der Waals surface area contributed by atoms with Crippen molar-refractivity contribution < 1.29 is 14.3 Å². The Kier molecular flexibility index (Phi) is 6.66. The number of carbonyl (C=O) groups is 2. The predicted octanol–water partition coefficient (Wildman–Crippen LogP) is 3.24. The third-order valence-electron chi connectivity index (χ3n) is 4.64. The number of esters is 1. The maximum absolute atomic E-state index is 13.0. The number of fused-ring (bicyclic) bond motifs is 1. The molecule has 0 spiro atoms. The van der Waals surface area contributed by atoms with Crippen LogP contribution in [0.2, 0.25) is 0 Å². The molecule has 1 aromatic carbocycles. The summed E-state index contributed by atoms with van der Waals surface area (Å²) in [6.45, 7) is 6.27. The number of hydrogen-bond donors (Lipinski definition) is 0. The van der Waals surface area contributed by atoms with E-state index in [4.69, 9.17) is 4.74 Å². The second kappa shape index (κ2) is 9.21. The molecule has 0 atom stereocenters. The van der Waals surface area contributed by atoms with Crippen molar-refractivity contribution in [1.82, 2.24) is 14.5 Å². The molecule has 8 heteroatoms. The van der Waals surface area contributed by atoms with E-state index in [0.29, 0.717) is 33.8 Å². The maximum Gasteiger partial charge on any atom is 0.348 e. The first kappa shape index (κ1) is 21.7. The van der Waals surface area contributed by atoms with Gasteiger partial charge in [0.25, 0.3) is 5.56 Å². The van der Waals surface area contributed by atoms with E-state index in [0.717, 1.165) is 16.9 Å². The highest BCUT2D eigenvalue weighted by molar-refractivity contribution is 7.20. The van der Waals surface area contributed by atoms with E-state index in [1.165, 1.54) is 10.9 Å². The zero-order valence-electron chi connectivity index (χ0n) is 17.5. The third kappa shape index (κ3) is 4.76. The highest BCUT2D eigenvalue weighted by atomic mass is 32.1. The van der Waals surface area contributed by atoms with E-state index in [9.17, 15) is 14.4 Å². The third-order valence-corrected chi connectivity index (χ3v) is 5.82. The van der Waals surface area contributed by atoms with Crippen LogP contribution in [0.1, 0.15) is 34.6 Å². The van der Waals surface area contributed by atoms with Crippen LogP contribution in [0.4, 0.5) is 0 Å². The number of thiophene rings is 1. The van der Waals surface area contributed by atoms with E-state index in [1.807, 2.05) is 44.2 Å². The van der Waals surface area contributed by atoms with Gasteiger partial charge in [0.05, 0.1) is 18.3 Å². The first-order valence-electron chi connectivity index (χ1n) is 9.71. The molecule has 158 valence electrons. The molecule has 2 aromatic heterocycles. The van der Waals surface area contributed by atoms with Crippen LogP contribution in [0, 0.1) is 12.8 Å². The zero-order valence-corrected chi connectivity index (χ0v) is 18.4. The van der Waals surface area contributed by atoms with Crippen molar-refractivity contribution >= 4 is 33.4 Å². The Morgan fingerprint density at radius 2 is 1.93 bits per heavy atom. The van der Waals surface area contributed by atoms with Crippen LogP contribution in [-0.2, 0) is 22.6 Å². The summed E-state index contributed by atoms with van der Waals surface area (Å²) in [4.78, 5) is 44.7. The Balaban J connectivity index is 1.81. The van der Waals surface area contributed by atoms with Crippen molar-refractivity contribution in [1.29, 1.82) is 0 Å². The number of ether oxygens (including phenoxy) is 1. The minimum Gasteiger partial charge on any atom is -0.461 e. The van der Waals surface area contributed by atoms with Gasteiger partial charge < -0.3 is 9.64 Å². The molecule has 7 nitrogen and oxygen atoms in total. The first-order chi connectivity index (χ1) is 14.3. The highest BCUT2D eigenvalue weighted by Gasteiger charge is 2.21. The van der Waals surface area contributed by atoms with E-state index < -0.39 is 5.97 Å². The summed E-state index contributed by atoms with van der Waals surface area (Å²) in [7, 11) is 1.70. The molecule has 1 amide bonds. The number of aromatic nitrogens is 2. The van der Waals surface area contributed by atoms with Crippen molar-refractivity contribution in [3.05, 3.63) is 63.0 Å². The Hall–Kier alpha value is -3.00. The van der Waals surface area contributed by atoms with Gasteiger partial charge in [-0.05, 0) is 24.0 Å². The van der Waals surface area contributed by atoms with E-state index in [1.54, 1.807) is 18.9 Å². The van der Waals surface area contributed by atoms with Crippen LogP contribution in [-0.4, -0.2) is 40.0 Å². The van der Waals surface area contributed by atoms with Crippen molar-refractivity contribution in [2.24, 2.45) is 5.92 Å². The average Bonchev–Trinajstić information content (AvgIpc) is 3.06. The number of benzene rings is 1. The quantitative estimate of drug-likeness (QED) is 0.541. The predicted molar refractivity (Wildman–Crippen MR) is 117 cm³/mol. The largest absolute Gasteiger partial charge is 0.461 e. The summed E-state index contributed by atoms with van der Waals surface area (Å²) in [6.07, 6.45) is 1.36. The van der Waals surface area contributed by atoms with Crippen LogP contribution in [0.25, 0.3) is 10.2 Å². The van der Waals surface area contributed by atoms with Gasteiger partial charge >= 0.3 is 5.97 Å². The molecule has 0 aliphatic heterocycles. The molecule has 0 aliphatic rings. The molecule has 0 saturated carbocycles. The first-order valence-corrected chi connectivity index (χ1v) is 10.5. The Labute approximate surface area is 178 Å². The lowest BCUT2D eigenvalue weighted by Gasteiger charge is -2.17. The molecular formula is C22H25N3O4S. The van der Waals surface area contributed by atoms with Crippen molar-refractivity contribution in [2.45, 2.75) is 33.9 Å². The molecule has 2 heterocycles. The summed E-state index contributed by atoms with van der Waals surface area (Å²) in [5.74, 6) is -0.432. The summed E-state index contributed by atoms with van der Waals surface area (Å²) < 4.78 is 6.58. The molecule has 30 heavy (non-hydrogen) atoms. The SMILES string of the molecule is Cc1c(C(=O)OCC(C)C)sc2ncn(CC(=O)N(C)Cc3ccccc3)c(=O)c12. The van der Waals surface area contributed by atoms with E-state index >= 15 is 0 Å². The molecule has 0 unspecified atom stereocenters. The van der Waals surface area contributed by atoms with Gasteiger partial charge in [0.1, 0.15) is 16.3 Å². The Morgan fingerprint density at radius 3 is 2.60 bits per heavy atom. The molecule has 3 rings (SSSR count). The molecule has 3 aromatic rings. The standard InChI is InChI=1S/C22H25N3O4S/c1-14(2)12-29-22(28)19-15(3)18-20(30-19)23-13-25(21(18)27)11-17(26)24(4)10-16-8-6-5-7-9-16/h5-9,13-14H,10-12H2,1-4H3. The Morgan fingerprint density at radius 1 is 1.23 bits per heavy atom. The molecule has 0 aliphatic carbocycles. The summed E-state index contributed by atoms with van der Waals surface area (Å²) in [5, 5.41) is 0.359. The van der Waals surface area contributed by atoms with Gasteiger partial charge in [0, 0.05) is 13.6 Å². The van der Waals surface area contributed by atoms with Gasteiger partial charge in [-0.1, -0.05) is 44.2 Å². The van der Waals surface area contributed by atoms with Crippen molar-refractivity contribution in [3.63, 3.8) is 0 Å². The zero-order chi connectivity index (χ0) is 21.8. The smallest absolute Gasteiger partial charge is 0.348 e. The van der Waals surface area contributed by atoms with E-state index in [-0.39, 0.29) is 23.9 Å². The minimum atomic E-state index is -0.450. The van der Waals surface area contributed by atoms with Crippen molar-refractivity contribution in [2.75, 3.05) is 13.7 Å². The highest BCUT2D eigenvalue weighted by Crippen LogP contribution is 2.27. The van der Waals surface area contributed by atoms with E-state index in [2.05, 4.69) is 4.98 Å². The molecule has 0 fully saturated rings. The number of carbonyl (C=O) groups excluding carboxylic acids is 2. The molecule has 0 saturated heterocycles. The number of rotatable bonds is 7. The lowest BCUT2D eigenvalue weighted by Crippen LogP contribution is -2.33. The monoisotopic (exact) mass is 427 g/mol. The number of aryl methyl sites for hydroxylation is 1. The fraction of sp³-hybridized carbons (Fsp3) is 0.364. The normalized spacial score (nSPS) is 11.1. The van der Waals surface area contributed by atoms with Gasteiger partial charge in [-0.2, -0.15) is 0 Å². The van der Waals surface area contributed by atoms with Gasteiger partial charge in [-0.25, -0.2) is 9.78 Å². The second-order valence-corrected chi connectivity index (χ2v) is 8.64. The number of likely N-dealkylation sites (N-methyl/N-ethyl adjacent to an activating group) is 1. The average molecular weight is 428 g/mol. The Bertz CT molecular complexity index is 1120. The fourth-order valence-electron chi connectivity index (χ4n) is 2.99. The fourth-order valence-corrected chi connectivity index (χ4v) is 4.02. The molecule has 0 N–H and O–H groups in total. The molecule has 0 radical (unpaired) electrons. The lowest BCUT2D eigenvalue weighted by molar-refractivity contribution is -0.131. The summed E-state index contributed by atoms with van der Waals surface area (Å²) >= 11 is 1.14. The van der Waals surface area contributed by atoms with Gasteiger partial charge in [-0.15, -0.1) is 11.3 Å². The van der Waals surface area contributed by atoms with Crippen LogP contribution >= 0.6 is 11.3 Å². The second-order valence-electron chi connectivity index (χ2n) is 7.64.